The van der Waals surface area contributed by atoms with E-state index in [-0.39, 0.29) is 5.95 Å². The first-order chi connectivity index (χ1) is 7.22. The lowest BCUT2D eigenvalue weighted by Crippen LogP contribution is -1.95. The summed E-state index contributed by atoms with van der Waals surface area (Å²) in [6.45, 7) is 4.10. The van der Waals surface area contributed by atoms with Gasteiger partial charge in [-0.1, -0.05) is 36.4 Å². The van der Waals surface area contributed by atoms with Crippen LogP contribution >= 0.6 is 0 Å². The third kappa shape index (κ3) is 4.36. The molecule has 0 heterocycles. The predicted octanol–water partition coefficient (Wildman–Crippen LogP) is 3.53. The van der Waals surface area contributed by atoms with Gasteiger partial charge >= 0.3 is 0 Å². The van der Waals surface area contributed by atoms with E-state index in [1.807, 2.05) is 43.3 Å². The van der Waals surface area contributed by atoms with Crippen molar-refractivity contribution in [2.75, 3.05) is 6.61 Å². The van der Waals surface area contributed by atoms with Gasteiger partial charge in [0.2, 0.25) is 0 Å². The van der Waals surface area contributed by atoms with Gasteiger partial charge in [0.05, 0.1) is 0 Å². The molecule has 0 aliphatic heterocycles. The molecule has 1 aromatic carbocycles. The summed E-state index contributed by atoms with van der Waals surface area (Å²) in [4.78, 5) is 0. The molecule has 1 rings (SSSR count). The van der Waals surface area contributed by atoms with Crippen LogP contribution in [0.2, 0.25) is 0 Å². The minimum Gasteiger partial charge on any atom is -0.481 e. The second-order valence-corrected chi connectivity index (χ2v) is 3.32. The number of rotatable bonds is 4. The second-order valence-electron chi connectivity index (χ2n) is 3.32. The molecule has 0 amide bonds. The zero-order chi connectivity index (χ0) is 11.1. The van der Waals surface area contributed by atoms with Gasteiger partial charge in [0.15, 0.2) is 0 Å². The Morgan fingerprint density at radius 2 is 2.00 bits per heavy atom. The maximum atomic E-state index is 9.08. The molecular weight excluding hydrogens is 188 g/mol. The topological polar surface area (TPSA) is 29.5 Å². The summed E-state index contributed by atoms with van der Waals surface area (Å²) in [6.07, 6.45) is 3.55. The van der Waals surface area contributed by atoms with E-state index in [4.69, 9.17) is 9.84 Å². The van der Waals surface area contributed by atoms with Crippen LogP contribution in [0, 0.1) is 0 Å². The molecule has 0 aliphatic rings. The Morgan fingerprint density at radius 3 is 2.60 bits per heavy atom. The summed E-state index contributed by atoms with van der Waals surface area (Å²) in [5.41, 5.74) is 2.20. The fourth-order valence-electron chi connectivity index (χ4n) is 1.15. The maximum absolute atomic E-state index is 9.08. The number of allylic oxidation sites excluding steroid dienone is 1. The van der Waals surface area contributed by atoms with Gasteiger partial charge < -0.3 is 9.84 Å². The van der Waals surface area contributed by atoms with E-state index in [1.165, 1.54) is 6.08 Å². The summed E-state index contributed by atoms with van der Waals surface area (Å²) in [5, 5.41) is 9.08. The molecule has 0 spiro atoms. The highest BCUT2D eigenvalue weighted by Gasteiger charge is 1.94. The third-order valence-corrected chi connectivity index (χ3v) is 1.91. The number of aliphatic hydroxyl groups is 1. The standard InChI is InChI=1S/C13H16O2/c1-3-13(14)15-10-11(2)9-12-7-5-4-6-8-12/h3-9,14H,10H2,1-2H3/b11-9+,13-3+. The fourth-order valence-corrected chi connectivity index (χ4v) is 1.15. The van der Waals surface area contributed by atoms with Gasteiger partial charge in [-0.25, -0.2) is 0 Å². The first-order valence-electron chi connectivity index (χ1n) is 4.92. The minimum absolute atomic E-state index is 0.0317. The highest BCUT2D eigenvalue weighted by Crippen LogP contribution is 2.07. The number of ether oxygens (including phenoxy) is 1. The monoisotopic (exact) mass is 204 g/mol. The number of benzene rings is 1. The minimum atomic E-state index is -0.0317. The van der Waals surface area contributed by atoms with Crippen molar-refractivity contribution in [2.24, 2.45) is 0 Å². The van der Waals surface area contributed by atoms with Crippen molar-refractivity contribution in [3.05, 3.63) is 53.5 Å². The summed E-state index contributed by atoms with van der Waals surface area (Å²) >= 11 is 0. The normalized spacial score (nSPS) is 12.7. The second kappa shape index (κ2) is 5.91. The van der Waals surface area contributed by atoms with Crippen LogP contribution in [-0.2, 0) is 4.74 Å². The Bertz CT molecular complexity index is 350. The van der Waals surface area contributed by atoms with Crippen LogP contribution in [0.3, 0.4) is 0 Å². The van der Waals surface area contributed by atoms with Crippen molar-refractivity contribution in [3.8, 4) is 0 Å². The van der Waals surface area contributed by atoms with E-state index in [2.05, 4.69) is 0 Å². The Hall–Kier alpha value is -1.70. The van der Waals surface area contributed by atoms with Crippen molar-refractivity contribution >= 4 is 6.08 Å². The van der Waals surface area contributed by atoms with E-state index in [0.29, 0.717) is 6.61 Å². The molecule has 0 fully saturated rings. The van der Waals surface area contributed by atoms with Gasteiger partial charge in [0, 0.05) is 0 Å². The van der Waals surface area contributed by atoms with Crippen LogP contribution < -0.4 is 0 Å². The molecule has 0 saturated carbocycles. The van der Waals surface area contributed by atoms with Crippen molar-refractivity contribution < 1.29 is 9.84 Å². The van der Waals surface area contributed by atoms with Gasteiger partial charge in [-0.05, 0) is 31.1 Å². The molecule has 2 nitrogen and oxygen atoms in total. The number of hydrogen-bond acceptors (Lipinski definition) is 2. The molecule has 1 N–H and O–H groups in total. The van der Waals surface area contributed by atoms with Crippen molar-refractivity contribution in [2.45, 2.75) is 13.8 Å². The summed E-state index contributed by atoms with van der Waals surface area (Å²) < 4.78 is 5.07. The van der Waals surface area contributed by atoms with Gasteiger partial charge in [-0.2, -0.15) is 0 Å². The molecule has 0 aliphatic carbocycles. The molecule has 0 bridgehead atoms. The van der Waals surface area contributed by atoms with Crippen molar-refractivity contribution in [1.82, 2.24) is 0 Å². The zero-order valence-electron chi connectivity index (χ0n) is 9.10. The molecule has 0 atom stereocenters. The molecule has 1 aromatic rings. The van der Waals surface area contributed by atoms with Gasteiger partial charge in [-0.15, -0.1) is 0 Å². The van der Waals surface area contributed by atoms with E-state index >= 15 is 0 Å². The molecule has 0 aromatic heterocycles. The lowest BCUT2D eigenvalue weighted by Gasteiger charge is -2.04. The highest BCUT2D eigenvalue weighted by molar-refractivity contribution is 5.52. The maximum Gasteiger partial charge on any atom is 0.272 e. The first-order valence-corrected chi connectivity index (χ1v) is 4.92. The summed E-state index contributed by atoms with van der Waals surface area (Å²) in [5.74, 6) is -0.0317. The quantitative estimate of drug-likeness (QED) is 0.760. The molecule has 2 heteroatoms. The van der Waals surface area contributed by atoms with Gasteiger partial charge in [0.25, 0.3) is 5.95 Å². The van der Waals surface area contributed by atoms with E-state index in [1.54, 1.807) is 6.92 Å². The Kier molecular flexibility index (Phi) is 4.48. The largest absolute Gasteiger partial charge is 0.481 e. The lowest BCUT2D eigenvalue weighted by atomic mass is 10.1. The smallest absolute Gasteiger partial charge is 0.272 e. The third-order valence-electron chi connectivity index (χ3n) is 1.91. The van der Waals surface area contributed by atoms with Crippen molar-refractivity contribution in [1.29, 1.82) is 0 Å². The summed E-state index contributed by atoms with van der Waals surface area (Å²) in [7, 11) is 0. The molecular formula is C13H16O2. The Balaban J connectivity index is 2.54. The average molecular weight is 204 g/mol. The van der Waals surface area contributed by atoms with Crippen LogP contribution in [0.15, 0.2) is 47.9 Å². The first kappa shape index (κ1) is 11.4. The van der Waals surface area contributed by atoms with Crippen LogP contribution in [0.1, 0.15) is 19.4 Å². The van der Waals surface area contributed by atoms with Gasteiger partial charge in [-0.3, -0.25) is 0 Å². The molecule has 0 radical (unpaired) electrons. The fraction of sp³-hybridized carbons (Fsp3) is 0.231. The SMILES string of the molecule is C/C=C(\O)OC/C(C)=C/c1ccccc1. The summed E-state index contributed by atoms with van der Waals surface area (Å²) in [6, 6.07) is 10.0. The Morgan fingerprint density at radius 1 is 1.33 bits per heavy atom. The van der Waals surface area contributed by atoms with E-state index in [0.717, 1.165) is 11.1 Å². The van der Waals surface area contributed by atoms with E-state index < -0.39 is 0 Å². The van der Waals surface area contributed by atoms with Crippen LogP contribution in [0.5, 0.6) is 0 Å². The molecule has 0 saturated heterocycles. The van der Waals surface area contributed by atoms with Gasteiger partial charge in [0.1, 0.15) is 6.61 Å². The lowest BCUT2D eigenvalue weighted by molar-refractivity contribution is 0.108. The molecule has 80 valence electrons. The van der Waals surface area contributed by atoms with E-state index in [9.17, 15) is 0 Å². The molecule has 0 unspecified atom stereocenters. The number of aliphatic hydroxyl groups excluding tert-OH is 1. The average Bonchev–Trinajstić information content (AvgIpc) is 2.27. The predicted molar refractivity (Wildman–Crippen MR) is 62.4 cm³/mol. The molecule has 15 heavy (non-hydrogen) atoms. The highest BCUT2D eigenvalue weighted by atomic mass is 16.6. The number of hydrogen-bond donors (Lipinski definition) is 1. The van der Waals surface area contributed by atoms with Crippen LogP contribution in [0.25, 0.3) is 6.08 Å². The van der Waals surface area contributed by atoms with Crippen molar-refractivity contribution in [3.63, 3.8) is 0 Å². The zero-order valence-corrected chi connectivity index (χ0v) is 9.10. The Labute approximate surface area is 90.5 Å². The van der Waals surface area contributed by atoms with Crippen LogP contribution in [0.4, 0.5) is 0 Å². The van der Waals surface area contributed by atoms with Crippen LogP contribution in [-0.4, -0.2) is 11.7 Å².